The van der Waals surface area contributed by atoms with E-state index >= 15 is 0 Å². The predicted octanol–water partition coefficient (Wildman–Crippen LogP) is 1.13. The third kappa shape index (κ3) is 5.95. The van der Waals surface area contributed by atoms with E-state index in [2.05, 4.69) is 0 Å². The molecule has 0 amide bonds. The fraction of sp³-hybridized carbons (Fsp3) is 0.444. The van der Waals surface area contributed by atoms with Crippen molar-refractivity contribution in [1.29, 1.82) is 0 Å². The molecule has 0 bridgehead atoms. The SMILES string of the molecule is CC(O)c1ccc([N+](=O)[O-])s1.C[C@H](N)C(=O)O. The summed E-state index contributed by atoms with van der Waals surface area (Å²) >= 11 is 1.000. The molecule has 4 N–H and O–H groups in total. The molecule has 1 aromatic heterocycles. The van der Waals surface area contributed by atoms with E-state index in [1.165, 1.54) is 13.0 Å². The molecule has 0 saturated heterocycles. The number of thiophene rings is 1. The lowest BCUT2D eigenvalue weighted by Gasteiger charge is -1.94. The number of rotatable bonds is 3. The zero-order valence-corrected chi connectivity index (χ0v) is 10.2. The molecule has 7 nitrogen and oxygen atoms in total. The molecule has 1 heterocycles. The molecular weight excluding hydrogens is 248 g/mol. The van der Waals surface area contributed by atoms with Crippen molar-refractivity contribution in [3.63, 3.8) is 0 Å². The lowest BCUT2D eigenvalue weighted by atomic mass is 10.3. The first kappa shape index (κ1) is 15.5. The van der Waals surface area contributed by atoms with Crippen molar-refractivity contribution in [1.82, 2.24) is 0 Å². The van der Waals surface area contributed by atoms with Crippen LogP contribution in [0.2, 0.25) is 0 Å². The summed E-state index contributed by atoms with van der Waals surface area (Å²) in [6.45, 7) is 3.00. The Kier molecular flexibility index (Phi) is 6.33. The van der Waals surface area contributed by atoms with Gasteiger partial charge in [-0.1, -0.05) is 11.3 Å². The Bertz CT molecular complexity index is 388. The molecule has 0 spiro atoms. The number of nitrogens with zero attached hydrogens (tertiary/aromatic N) is 1. The Hall–Kier alpha value is -1.51. The molecule has 0 aliphatic carbocycles. The second-order valence-electron chi connectivity index (χ2n) is 3.24. The van der Waals surface area contributed by atoms with Crippen LogP contribution in [0.5, 0.6) is 0 Å². The smallest absolute Gasteiger partial charge is 0.324 e. The fourth-order valence-electron chi connectivity index (χ4n) is 0.665. The summed E-state index contributed by atoms with van der Waals surface area (Å²) in [4.78, 5) is 19.9. The largest absolute Gasteiger partial charge is 0.480 e. The van der Waals surface area contributed by atoms with Crippen LogP contribution >= 0.6 is 11.3 Å². The number of aliphatic hydroxyl groups is 1. The van der Waals surface area contributed by atoms with Crippen molar-refractivity contribution in [3.05, 3.63) is 27.1 Å². The summed E-state index contributed by atoms with van der Waals surface area (Å²) in [5.41, 5.74) is 4.84. The number of carboxylic acids is 1. The monoisotopic (exact) mass is 262 g/mol. The summed E-state index contributed by atoms with van der Waals surface area (Å²) < 4.78 is 0. The molecular formula is C9H14N2O5S. The van der Waals surface area contributed by atoms with Gasteiger partial charge in [0.15, 0.2) is 0 Å². The molecule has 8 heteroatoms. The maximum Gasteiger partial charge on any atom is 0.324 e. The van der Waals surface area contributed by atoms with Crippen LogP contribution in [0.4, 0.5) is 5.00 Å². The minimum absolute atomic E-state index is 0.0703. The topological polar surface area (TPSA) is 127 Å². The van der Waals surface area contributed by atoms with Gasteiger partial charge in [0.05, 0.1) is 11.0 Å². The molecule has 0 fully saturated rings. The van der Waals surface area contributed by atoms with Crippen molar-refractivity contribution >= 4 is 22.3 Å². The van der Waals surface area contributed by atoms with Crippen molar-refractivity contribution in [2.24, 2.45) is 5.73 Å². The molecule has 1 rings (SSSR count). The van der Waals surface area contributed by atoms with Crippen LogP contribution in [0.3, 0.4) is 0 Å². The highest BCUT2D eigenvalue weighted by Gasteiger charge is 2.11. The van der Waals surface area contributed by atoms with E-state index in [1.807, 2.05) is 0 Å². The maximum atomic E-state index is 10.2. The van der Waals surface area contributed by atoms with Crippen LogP contribution in [0.15, 0.2) is 12.1 Å². The van der Waals surface area contributed by atoms with Crippen molar-refractivity contribution in [2.45, 2.75) is 26.0 Å². The molecule has 2 atom stereocenters. The number of nitrogens with two attached hydrogens (primary N) is 1. The summed E-state index contributed by atoms with van der Waals surface area (Å²) in [6.07, 6.45) is -0.617. The predicted molar refractivity (Wildman–Crippen MR) is 62.9 cm³/mol. The van der Waals surface area contributed by atoms with Crippen molar-refractivity contribution < 1.29 is 19.9 Å². The van der Waals surface area contributed by atoms with Gasteiger partial charge in [0.2, 0.25) is 0 Å². The Morgan fingerprint density at radius 3 is 2.18 bits per heavy atom. The Morgan fingerprint density at radius 1 is 1.53 bits per heavy atom. The van der Waals surface area contributed by atoms with Crippen molar-refractivity contribution in [2.75, 3.05) is 0 Å². The minimum atomic E-state index is -0.963. The van der Waals surface area contributed by atoms with Crippen LogP contribution in [0, 0.1) is 10.1 Å². The summed E-state index contributed by atoms with van der Waals surface area (Å²) in [7, 11) is 0. The molecule has 96 valence electrons. The third-order valence-electron chi connectivity index (χ3n) is 1.59. The quantitative estimate of drug-likeness (QED) is 0.553. The van der Waals surface area contributed by atoms with E-state index in [1.54, 1.807) is 13.0 Å². The van der Waals surface area contributed by atoms with Gasteiger partial charge in [-0.05, 0) is 19.9 Å². The zero-order valence-electron chi connectivity index (χ0n) is 9.36. The first-order valence-electron chi connectivity index (χ1n) is 4.66. The van der Waals surface area contributed by atoms with Gasteiger partial charge in [-0.2, -0.15) is 0 Å². The molecule has 0 radical (unpaired) electrons. The van der Waals surface area contributed by atoms with Crippen molar-refractivity contribution in [3.8, 4) is 0 Å². The van der Waals surface area contributed by atoms with Crippen LogP contribution in [0.25, 0.3) is 0 Å². The van der Waals surface area contributed by atoms with E-state index < -0.39 is 23.0 Å². The summed E-state index contributed by atoms with van der Waals surface area (Å²) in [6, 6.07) is 2.23. The summed E-state index contributed by atoms with van der Waals surface area (Å²) in [5.74, 6) is -0.963. The van der Waals surface area contributed by atoms with Crippen LogP contribution in [0.1, 0.15) is 24.8 Å². The number of carbonyl (C=O) groups is 1. The van der Waals surface area contributed by atoms with E-state index in [0.29, 0.717) is 4.88 Å². The lowest BCUT2D eigenvalue weighted by molar-refractivity contribution is -0.380. The van der Waals surface area contributed by atoms with Crippen LogP contribution < -0.4 is 5.73 Å². The first-order valence-corrected chi connectivity index (χ1v) is 5.48. The van der Waals surface area contributed by atoms with Gasteiger partial charge in [-0.3, -0.25) is 14.9 Å². The van der Waals surface area contributed by atoms with Crippen LogP contribution in [-0.4, -0.2) is 27.1 Å². The molecule has 17 heavy (non-hydrogen) atoms. The van der Waals surface area contributed by atoms with Gasteiger partial charge >= 0.3 is 11.0 Å². The molecule has 0 saturated carbocycles. The fourth-order valence-corrected chi connectivity index (χ4v) is 1.42. The number of aliphatic carboxylic acids is 1. The number of hydrogen-bond donors (Lipinski definition) is 3. The number of carboxylic acid groups (broad SMARTS) is 1. The van der Waals surface area contributed by atoms with E-state index in [9.17, 15) is 14.9 Å². The highest BCUT2D eigenvalue weighted by atomic mass is 32.1. The number of nitro groups is 1. The molecule has 1 aromatic rings. The first-order chi connectivity index (χ1) is 7.75. The van der Waals surface area contributed by atoms with E-state index in [-0.39, 0.29) is 5.00 Å². The number of hydrogen-bond acceptors (Lipinski definition) is 6. The van der Waals surface area contributed by atoms with Gasteiger partial charge in [-0.25, -0.2) is 0 Å². The second kappa shape index (κ2) is 6.94. The van der Waals surface area contributed by atoms with Gasteiger partial charge in [0.25, 0.3) is 0 Å². The van der Waals surface area contributed by atoms with Gasteiger partial charge in [0.1, 0.15) is 6.04 Å². The minimum Gasteiger partial charge on any atom is -0.480 e. The zero-order chi connectivity index (χ0) is 13.6. The second-order valence-corrected chi connectivity index (χ2v) is 4.33. The van der Waals surface area contributed by atoms with Gasteiger partial charge in [0, 0.05) is 10.9 Å². The average Bonchev–Trinajstić information content (AvgIpc) is 2.66. The summed E-state index contributed by atoms with van der Waals surface area (Å²) in [5, 5.41) is 27.1. The molecule has 0 aromatic carbocycles. The Labute approximate surface area is 102 Å². The number of aliphatic hydroxyl groups excluding tert-OH is 1. The van der Waals surface area contributed by atoms with Gasteiger partial charge < -0.3 is 15.9 Å². The third-order valence-corrected chi connectivity index (χ3v) is 2.80. The van der Waals surface area contributed by atoms with E-state index in [4.69, 9.17) is 15.9 Å². The lowest BCUT2D eigenvalue weighted by Crippen LogP contribution is -2.25. The standard InChI is InChI=1S/C6H7NO3S.C3H7NO2/c1-4(8)5-2-3-6(11-5)7(9)10;1-2(4)3(5)6/h2-4,8H,1H3;2H,4H2,1H3,(H,5,6)/t;2-/m.0/s1. The molecule has 0 aliphatic rings. The highest BCUT2D eigenvalue weighted by Crippen LogP contribution is 2.28. The molecule has 1 unspecified atom stereocenters. The van der Waals surface area contributed by atoms with Gasteiger partial charge in [-0.15, -0.1) is 0 Å². The Morgan fingerprint density at radius 2 is 2.00 bits per heavy atom. The normalized spacial score (nSPS) is 13.2. The highest BCUT2D eigenvalue weighted by molar-refractivity contribution is 7.15. The molecule has 0 aliphatic heterocycles. The average molecular weight is 262 g/mol. The van der Waals surface area contributed by atoms with Crippen LogP contribution in [-0.2, 0) is 4.79 Å². The maximum absolute atomic E-state index is 10.2. The Balaban J connectivity index is 0.000000366. The van der Waals surface area contributed by atoms with E-state index in [0.717, 1.165) is 11.3 Å².